The molecule has 68 heavy (non-hydrogen) atoms. The molecule has 0 radical (unpaired) electrons. The molecule has 0 bridgehead atoms. The van der Waals surface area contributed by atoms with Crippen LogP contribution in [-0.4, -0.2) is 0 Å². The van der Waals surface area contributed by atoms with Gasteiger partial charge in [0, 0.05) is 22.3 Å². The Hall–Kier alpha value is -8.72. The molecular weight excluding hydrogens is 825 g/mol. The predicted molar refractivity (Wildman–Crippen MR) is 276 cm³/mol. The van der Waals surface area contributed by atoms with Crippen molar-refractivity contribution in [2.45, 2.75) is 10.8 Å². The van der Waals surface area contributed by atoms with Crippen molar-refractivity contribution in [2.75, 3.05) is 0 Å². The molecule has 314 valence electrons. The Labute approximate surface area is 393 Å². The zero-order chi connectivity index (χ0) is 44.3. The largest absolute Gasteiger partial charge is 0.457 e. The van der Waals surface area contributed by atoms with E-state index in [1.54, 1.807) is 0 Å². The first-order valence-electron chi connectivity index (χ1n) is 23.6. The second-order valence-corrected chi connectivity index (χ2v) is 18.9. The van der Waals surface area contributed by atoms with E-state index in [4.69, 9.17) is 9.47 Å². The minimum atomic E-state index is -0.531. The maximum atomic E-state index is 6.66. The van der Waals surface area contributed by atoms with Crippen LogP contribution in [0.2, 0.25) is 0 Å². The van der Waals surface area contributed by atoms with Crippen molar-refractivity contribution in [2.24, 2.45) is 0 Å². The number of rotatable bonds is 2. The van der Waals surface area contributed by atoms with E-state index in [0.717, 1.165) is 23.0 Å². The van der Waals surface area contributed by atoms with Gasteiger partial charge in [-0.15, -0.1) is 0 Å². The van der Waals surface area contributed by atoms with Crippen molar-refractivity contribution in [3.63, 3.8) is 0 Å². The highest BCUT2D eigenvalue weighted by Crippen LogP contribution is 2.64. The van der Waals surface area contributed by atoms with Gasteiger partial charge in [-0.05, 0) is 135 Å². The zero-order valence-electron chi connectivity index (χ0n) is 36.8. The Morgan fingerprint density at radius 3 is 0.941 bits per heavy atom. The summed E-state index contributed by atoms with van der Waals surface area (Å²) in [7, 11) is 0. The highest BCUT2D eigenvalue weighted by Gasteiger charge is 2.52. The average molecular weight is 863 g/mol. The topological polar surface area (TPSA) is 18.5 Å². The summed E-state index contributed by atoms with van der Waals surface area (Å²) in [6, 6.07) is 85.5. The van der Waals surface area contributed by atoms with Crippen LogP contribution in [0.25, 0.3) is 76.8 Å². The molecule has 2 spiro atoms. The molecule has 4 aliphatic rings. The van der Waals surface area contributed by atoms with Crippen LogP contribution in [0.1, 0.15) is 44.5 Å². The summed E-state index contributed by atoms with van der Waals surface area (Å²) in [6.45, 7) is 0. The lowest BCUT2D eigenvalue weighted by molar-refractivity contribution is 0.436. The molecule has 0 saturated heterocycles. The normalized spacial score (nSPS) is 14.6. The highest BCUT2D eigenvalue weighted by atomic mass is 16.5. The predicted octanol–water partition coefficient (Wildman–Crippen LogP) is 16.9. The van der Waals surface area contributed by atoms with Crippen molar-refractivity contribution in [3.05, 3.63) is 275 Å². The summed E-state index contributed by atoms with van der Waals surface area (Å²) in [4.78, 5) is 0. The van der Waals surface area contributed by atoms with E-state index in [-0.39, 0.29) is 0 Å². The molecule has 0 aromatic heterocycles. The molecule has 0 unspecified atom stereocenters. The summed E-state index contributed by atoms with van der Waals surface area (Å²) in [6.07, 6.45) is 0. The van der Waals surface area contributed by atoms with Crippen molar-refractivity contribution < 1.29 is 9.47 Å². The summed E-state index contributed by atoms with van der Waals surface area (Å²) in [5.74, 6) is 3.62. The molecule has 16 rings (SSSR count). The van der Waals surface area contributed by atoms with E-state index in [1.165, 1.54) is 121 Å². The van der Waals surface area contributed by atoms with Crippen LogP contribution in [0.5, 0.6) is 23.0 Å². The van der Waals surface area contributed by atoms with Gasteiger partial charge in [0.05, 0.1) is 10.8 Å². The quantitative estimate of drug-likeness (QED) is 0.161. The molecule has 2 nitrogen and oxygen atoms in total. The lowest BCUT2D eigenvalue weighted by atomic mass is 9.66. The third-order valence-electron chi connectivity index (χ3n) is 16.0. The molecule has 0 N–H and O–H groups in total. The van der Waals surface area contributed by atoms with Gasteiger partial charge in [-0.3, -0.25) is 0 Å². The number of ether oxygens (including phenoxy) is 2. The van der Waals surface area contributed by atoms with Crippen LogP contribution in [0.15, 0.2) is 231 Å². The first-order chi connectivity index (χ1) is 33.7. The first kappa shape index (κ1) is 36.5. The van der Waals surface area contributed by atoms with Gasteiger partial charge in [0.25, 0.3) is 0 Å². The number of hydrogen-bond donors (Lipinski definition) is 0. The van der Waals surface area contributed by atoms with Crippen LogP contribution in [0, 0.1) is 0 Å². The third-order valence-corrected chi connectivity index (χ3v) is 16.0. The van der Waals surface area contributed by atoms with Gasteiger partial charge in [-0.2, -0.15) is 0 Å². The van der Waals surface area contributed by atoms with Crippen molar-refractivity contribution in [1.82, 2.24) is 0 Å². The lowest BCUT2D eigenvalue weighted by Gasteiger charge is -2.39. The van der Waals surface area contributed by atoms with E-state index in [2.05, 4.69) is 231 Å². The van der Waals surface area contributed by atoms with Crippen molar-refractivity contribution >= 4 is 32.3 Å². The molecule has 0 fully saturated rings. The average Bonchev–Trinajstić information content (AvgIpc) is 3.85. The number of para-hydroxylation sites is 4. The molecule has 0 atom stereocenters. The molecule has 0 saturated carbocycles. The van der Waals surface area contributed by atoms with E-state index in [1.807, 2.05) is 0 Å². The fourth-order valence-electron chi connectivity index (χ4n) is 13.3. The monoisotopic (exact) mass is 862 g/mol. The maximum Gasteiger partial charge on any atom is 0.132 e. The van der Waals surface area contributed by atoms with E-state index in [9.17, 15) is 0 Å². The van der Waals surface area contributed by atoms with Crippen LogP contribution < -0.4 is 9.47 Å². The maximum absolute atomic E-state index is 6.66. The molecule has 2 heteroatoms. The Bertz CT molecular complexity index is 3810. The fourth-order valence-corrected chi connectivity index (χ4v) is 13.3. The van der Waals surface area contributed by atoms with Crippen LogP contribution in [0.4, 0.5) is 0 Å². The van der Waals surface area contributed by atoms with Crippen LogP contribution >= 0.6 is 0 Å². The van der Waals surface area contributed by atoms with E-state index < -0.39 is 10.8 Å². The summed E-state index contributed by atoms with van der Waals surface area (Å²) in [5, 5.41) is 7.61. The summed E-state index contributed by atoms with van der Waals surface area (Å²) >= 11 is 0. The zero-order valence-corrected chi connectivity index (χ0v) is 36.8. The molecule has 12 aromatic rings. The van der Waals surface area contributed by atoms with Gasteiger partial charge in [-0.1, -0.05) is 194 Å². The van der Waals surface area contributed by atoms with Crippen LogP contribution in [-0.2, 0) is 10.8 Å². The van der Waals surface area contributed by atoms with Crippen molar-refractivity contribution in [3.8, 4) is 67.5 Å². The van der Waals surface area contributed by atoms with Gasteiger partial charge >= 0.3 is 0 Å². The van der Waals surface area contributed by atoms with E-state index in [0.29, 0.717) is 0 Å². The second kappa shape index (κ2) is 13.0. The molecule has 12 aromatic carbocycles. The molecule has 2 aliphatic heterocycles. The molecular formula is C66H38O2. The standard InChI is InChI=1S/C66H38O2/c1-3-15-51-45(13-1)47-33-29-41(37-57(47)65(51)53-17-5-9-21-59(53)67-60-22-10-6-18-54(60)65)43-31-25-39-28-36-50-44(32-26-40-27-35-49(43)63(39)64(40)50)42-30-34-48-46-14-2-4-16-52(46)66(58(48)38-42)55-19-7-11-23-61(55)68-62-24-12-8-20-56(62)66/h1-38H. The second-order valence-electron chi connectivity index (χ2n) is 18.9. The lowest BCUT2D eigenvalue weighted by Crippen LogP contribution is -2.32. The van der Waals surface area contributed by atoms with E-state index >= 15 is 0 Å². The van der Waals surface area contributed by atoms with Gasteiger partial charge in [-0.25, -0.2) is 0 Å². The number of benzene rings is 12. The number of fused-ring (bicyclic) bond motifs is 18. The minimum Gasteiger partial charge on any atom is -0.457 e. The Kier molecular flexibility index (Phi) is 6.98. The Morgan fingerprint density at radius 2 is 0.544 bits per heavy atom. The Balaban J connectivity index is 0.910. The molecule has 0 amide bonds. The summed E-state index contributed by atoms with van der Waals surface area (Å²) in [5.41, 5.74) is 18.8. The minimum absolute atomic E-state index is 0.531. The number of hydrogen-bond acceptors (Lipinski definition) is 2. The van der Waals surface area contributed by atoms with Gasteiger partial charge in [0.15, 0.2) is 0 Å². The Morgan fingerprint density at radius 1 is 0.235 bits per heavy atom. The SMILES string of the molecule is c1ccc2c(c1)Oc1ccccc1C21c2ccccc2-c2ccc(-c3ccc4ccc5c(-c6ccc7c(c6)C6(c8ccccc8Oc8ccccc86)c6ccccc6-7)ccc6ccc3c4c65)cc21. The van der Waals surface area contributed by atoms with Crippen molar-refractivity contribution in [1.29, 1.82) is 0 Å². The molecule has 2 heterocycles. The smallest absolute Gasteiger partial charge is 0.132 e. The first-order valence-corrected chi connectivity index (χ1v) is 23.6. The molecule has 2 aliphatic carbocycles. The van der Waals surface area contributed by atoms with Gasteiger partial charge in [0.1, 0.15) is 23.0 Å². The summed E-state index contributed by atoms with van der Waals surface area (Å²) < 4.78 is 13.3. The van der Waals surface area contributed by atoms with Gasteiger partial charge in [0.2, 0.25) is 0 Å². The third kappa shape index (κ3) is 4.39. The highest BCUT2D eigenvalue weighted by molar-refractivity contribution is 6.27. The van der Waals surface area contributed by atoms with Gasteiger partial charge < -0.3 is 9.47 Å². The fraction of sp³-hybridized carbons (Fsp3) is 0.0303. The van der Waals surface area contributed by atoms with Crippen LogP contribution in [0.3, 0.4) is 0 Å².